The summed E-state index contributed by atoms with van der Waals surface area (Å²) < 4.78 is 0. The Balaban J connectivity index is 3.66. The Morgan fingerprint density at radius 2 is 2.11 bits per heavy atom. The van der Waals surface area contributed by atoms with Crippen molar-refractivity contribution in [3.63, 3.8) is 0 Å². The summed E-state index contributed by atoms with van der Waals surface area (Å²) in [6.07, 6.45) is 2.22. The summed E-state index contributed by atoms with van der Waals surface area (Å²) in [5.74, 6) is 0.118. The van der Waals surface area contributed by atoms with Crippen molar-refractivity contribution in [2.75, 3.05) is 0 Å². The number of carbonyl (C=O) groups excluding carboxylic acids is 2. The predicted molar refractivity (Wildman–Crippen MR) is 33.5 cm³/mol. The molecule has 0 aromatic carbocycles. The van der Waals surface area contributed by atoms with Crippen LogP contribution in [0.4, 0.5) is 0 Å². The topological polar surface area (TPSA) is 46.2 Å². The fourth-order valence-corrected chi connectivity index (χ4v) is 0.436. The van der Waals surface area contributed by atoms with Crippen molar-refractivity contribution in [2.24, 2.45) is 5.92 Å². The van der Waals surface area contributed by atoms with Crippen LogP contribution in [0.15, 0.2) is 0 Å². The first kappa shape index (κ1) is 8.14. The molecular formula is C6H10NO2. The molecule has 1 atom stereocenters. The van der Waals surface area contributed by atoms with Crippen molar-refractivity contribution >= 4 is 12.7 Å². The van der Waals surface area contributed by atoms with Crippen molar-refractivity contribution in [3.8, 4) is 0 Å². The van der Waals surface area contributed by atoms with Gasteiger partial charge in [0.1, 0.15) is 0 Å². The van der Waals surface area contributed by atoms with Crippen molar-refractivity contribution in [2.45, 2.75) is 19.9 Å². The normalized spacial score (nSPS) is 12.8. The first-order valence-electron chi connectivity index (χ1n) is 2.79. The molecule has 1 N–H and O–H groups in total. The highest BCUT2D eigenvalue weighted by Gasteiger charge is 2.09. The van der Waals surface area contributed by atoms with Gasteiger partial charge in [-0.15, -0.1) is 0 Å². The smallest absolute Gasteiger partial charge is 0.223 e. The number of hydrogen-bond acceptors (Lipinski definition) is 2. The molecule has 0 heterocycles. The largest absolute Gasteiger partial charge is 0.348 e. The summed E-state index contributed by atoms with van der Waals surface area (Å²) in [5.41, 5.74) is 0. The molecule has 0 bridgehead atoms. The summed E-state index contributed by atoms with van der Waals surface area (Å²) in [4.78, 5) is 19.8. The highest BCUT2D eigenvalue weighted by atomic mass is 16.1. The van der Waals surface area contributed by atoms with Gasteiger partial charge in [-0.1, -0.05) is 13.8 Å². The summed E-state index contributed by atoms with van der Waals surface area (Å²) in [6, 6.07) is -0.456. The summed E-state index contributed by atoms with van der Waals surface area (Å²) in [5, 5.41) is 2.33. The molecule has 0 rings (SSSR count). The second kappa shape index (κ2) is 4.06. The second-order valence-electron chi connectivity index (χ2n) is 2.12. The van der Waals surface area contributed by atoms with E-state index >= 15 is 0 Å². The Kier molecular flexibility index (Phi) is 3.67. The molecule has 0 aromatic heterocycles. The molecule has 0 aliphatic carbocycles. The van der Waals surface area contributed by atoms with Gasteiger partial charge in [-0.25, -0.2) is 0 Å². The Hall–Kier alpha value is -0.860. The quantitative estimate of drug-likeness (QED) is 0.536. The van der Waals surface area contributed by atoms with Crippen LogP contribution >= 0.6 is 0 Å². The molecule has 0 unspecified atom stereocenters. The molecule has 0 fully saturated rings. The van der Waals surface area contributed by atoms with Crippen LogP contribution in [0.25, 0.3) is 0 Å². The first-order chi connectivity index (χ1) is 4.22. The van der Waals surface area contributed by atoms with Gasteiger partial charge in [-0.2, -0.15) is 0 Å². The van der Waals surface area contributed by atoms with Gasteiger partial charge >= 0.3 is 0 Å². The minimum atomic E-state index is -0.456. The van der Waals surface area contributed by atoms with Crippen LogP contribution in [0.3, 0.4) is 0 Å². The maximum Gasteiger partial charge on any atom is 0.223 e. The third-order valence-corrected chi connectivity index (χ3v) is 1.04. The van der Waals surface area contributed by atoms with Gasteiger partial charge in [0, 0.05) is 0 Å². The number of amides is 1. The second-order valence-corrected chi connectivity index (χ2v) is 2.12. The maximum atomic E-state index is 9.99. The van der Waals surface area contributed by atoms with Crippen LogP contribution in [0.1, 0.15) is 13.8 Å². The fourth-order valence-electron chi connectivity index (χ4n) is 0.436. The minimum Gasteiger partial charge on any atom is -0.348 e. The SMILES string of the molecule is CC(C)[C@@H]([C]=O)NC=O. The van der Waals surface area contributed by atoms with Crippen LogP contribution in [0.2, 0.25) is 0 Å². The van der Waals surface area contributed by atoms with Gasteiger partial charge < -0.3 is 5.32 Å². The lowest BCUT2D eigenvalue weighted by atomic mass is 10.1. The van der Waals surface area contributed by atoms with E-state index in [4.69, 9.17) is 0 Å². The van der Waals surface area contributed by atoms with Crippen LogP contribution in [-0.2, 0) is 9.59 Å². The van der Waals surface area contributed by atoms with E-state index in [0.29, 0.717) is 6.41 Å². The molecule has 51 valence electrons. The molecule has 3 nitrogen and oxygen atoms in total. The van der Waals surface area contributed by atoms with Crippen LogP contribution in [0, 0.1) is 5.92 Å². The third kappa shape index (κ3) is 2.85. The highest BCUT2D eigenvalue weighted by molar-refractivity contribution is 5.64. The molecule has 0 saturated heterocycles. The third-order valence-electron chi connectivity index (χ3n) is 1.04. The zero-order chi connectivity index (χ0) is 7.28. The van der Waals surface area contributed by atoms with E-state index < -0.39 is 6.04 Å². The first-order valence-corrected chi connectivity index (χ1v) is 2.79. The number of nitrogens with one attached hydrogen (secondary N) is 1. The van der Waals surface area contributed by atoms with E-state index in [-0.39, 0.29) is 5.92 Å². The Morgan fingerprint density at radius 1 is 1.56 bits per heavy atom. The minimum absolute atomic E-state index is 0.118. The Bertz CT molecular complexity index is 101. The number of rotatable bonds is 4. The zero-order valence-electron chi connectivity index (χ0n) is 5.55. The zero-order valence-corrected chi connectivity index (χ0v) is 5.55. The van der Waals surface area contributed by atoms with Gasteiger partial charge in [0.15, 0.2) is 0 Å². The molecular weight excluding hydrogens is 118 g/mol. The number of carbonyl (C=O) groups is 1. The average Bonchev–Trinajstić information content (AvgIpc) is 1.82. The monoisotopic (exact) mass is 128 g/mol. The highest BCUT2D eigenvalue weighted by Crippen LogP contribution is 1.95. The molecule has 3 heteroatoms. The molecule has 9 heavy (non-hydrogen) atoms. The Labute approximate surface area is 54.4 Å². The van der Waals surface area contributed by atoms with E-state index in [9.17, 15) is 9.59 Å². The standard InChI is InChI=1S/C6H10NO2/c1-5(2)6(3-8)7-4-9/h4-6H,1-2H3,(H,7,9)/t6-/m1/s1. The van der Waals surface area contributed by atoms with Crippen molar-refractivity contribution < 1.29 is 9.59 Å². The van der Waals surface area contributed by atoms with E-state index in [1.54, 1.807) is 6.29 Å². The molecule has 0 aromatic rings. The predicted octanol–water partition coefficient (Wildman–Crippen LogP) is -0.133. The van der Waals surface area contributed by atoms with Crippen molar-refractivity contribution in [3.05, 3.63) is 0 Å². The van der Waals surface area contributed by atoms with Gasteiger partial charge in [0.05, 0.1) is 6.04 Å². The summed E-state index contributed by atoms with van der Waals surface area (Å²) >= 11 is 0. The summed E-state index contributed by atoms with van der Waals surface area (Å²) in [6.45, 7) is 3.68. The summed E-state index contributed by atoms with van der Waals surface area (Å²) in [7, 11) is 0. The van der Waals surface area contributed by atoms with E-state index in [0.717, 1.165) is 0 Å². The van der Waals surface area contributed by atoms with Gasteiger partial charge in [-0.3, -0.25) is 9.59 Å². The molecule has 0 saturated carbocycles. The van der Waals surface area contributed by atoms with Gasteiger partial charge in [0.25, 0.3) is 0 Å². The lowest BCUT2D eigenvalue weighted by molar-refractivity contribution is -0.110. The molecule has 0 spiro atoms. The van der Waals surface area contributed by atoms with Crippen molar-refractivity contribution in [1.82, 2.24) is 5.32 Å². The lowest BCUT2D eigenvalue weighted by Gasteiger charge is -2.10. The lowest BCUT2D eigenvalue weighted by Crippen LogP contribution is -2.33. The van der Waals surface area contributed by atoms with Crippen LogP contribution in [-0.4, -0.2) is 18.7 Å². The Morgan fingerprint density at radius 3 is 2.22 bits per heavy atom. The number of hydrogen-bond donors (Lipinski definition) is 1. The van der Waals surface area contributed by atoms with Crippen LogP contribution < -0.4 is 5.32 Å². The van der Waals surface area contributed by atoms with E-state index in [1.807, 2.05) is 13.8 Å². The average molecular weight is 128 g/mol. The molecule has 1 amide bonds. The van der Waals surface area contributed by atoms with Gasteiger partial charge in [-0.05, 0) is 5.92 Å². The van der Waals surface area contributed by atoms with E-state index in [2.05, 4.69) is 5.32 Å². The van der Waals surface area contributed by atoms with E-state index in [1.165, 1.54) is 0 Å². The van der Waals surface area contributed by atoms with Crippen LogP contribution in [0.5, 0.6) is 0 Å². The molecule has 0 aliphatic rings. The van der Waals surface area contributed by atoms with Crippen molar-refractivity contribution in [1.29, 1.82) is 0 Å². The fraction of sp³-hybridized carbons (Fsp3) is 0.667. The maximum absolute atomic E-state index is 9.99. The van der Waals surface area contributed by atoms with Gasteiger partial charge in [0.2, 0.25) is 12.7 Å². The molecule has 0 aliphatic heterocycles. The molecule has 1 radical (unpaired) electrons.